The summed E-state index contributed by atoms with van der Waals surface area (Å²) in [5.41, 5.74) is 1.27. The number of nitrogens with zero attached hydrogens (tertiary/aromatic N) is 1. The minimum Gasteiger partial charge on any atom is -0.486 e. The van der Waals surface area contributed by atoms with E-state index < -0.39 is 0 Å². The van der Waals surface area contributed by atoms with Crippen molar-refractivity contribution in [3.8, 4) is 5.75 Å². The molecule has 0 radical (unpaired) electrons. The predicted octanol–water partition coefficient (Wildman–Crippen LogP) is 2.83. The lowest BCUT2D eigenvalue weighted by atomic mass is 10.2. The van der Waals surface area contributed by atoms with E-state index in [4.69, 9.17) is 4.74 Å². The van der Waals surface area contributed by atoms with Crippen molar-refractivity contribution in [2.75, 3.05) is 6.54 Å². The molecule has 1 aromatic carbocycles. The predicted molar refractivity (Wildman–Crippen MR) is 70.3 cm³/mol. The minimum absolute atomic E-state index is 0.546. The molecule has 90 valence electrons. The van der Waals surface area contributed by atoms with Gasteiger partial charge < -0.3 is 10.1 Å². The molecule has 0 saturated carbocycles. The van der Waals surface area contributed by atoms with Crippen LogP contribution in [0.4, 0.5) is 0 Å². The van der Waals surface area contributed by atoms with Crippen LogP contribution in [0, 0.1) is 0 Å². The Labute approximate surface area is 105 Å². The molecule has 1 heterocycles. The first-order chi connectivity index (χ1) is 8.38. The second-order valence-electron chi connectivity index (χ2n) is 3.64. The number of rotatable bonds is 6. The standard InChI is InChI=1S/C13H16N2OS/c1-2-14-9-11-3-5-12(6-4-11)16-10-13-15-7-8-17-13/h3-8,14H,2,9-10H2,1H3. The number of benzene rings is 1. The van der Waals surface area contributed by atoms with E-state index in [9.17, 15) is 0 Å². The first kappa shape index (κ1) is 12.1. The Morgan fingerprint density at radius 1 is 1.29 bits per heavy atom. The summed E-state index contributed by atoms with van der Waals surface area (Å²) in [7, 11) is 0. The molecular weight excluding hydrogens is 232 g/mol. The molecule has 2 aromatic rings. The van der Waals surface area contributed by atoms with Gasteiger partial charge in [0.05, 0.1) is 0 Å². The third-order valence-corrected chi connectivity index (χ3v) is 3.10. The molecule has 17 heavy (non-hydrogen) atoms. The zero-order valence-electron chi connectivity index (χ0n) is 9.85. The fraction of sp³-hybridized carbons (Fsp3) is 0.308. The molecule has 0 unspecified atom stereocenters. The second kappa shape index (κ2) is 6.37. The monoisotopic (exact) mass is 248 g/mol. The van der Waals surface area contributed by atoms with Crippen molar-refractivity contribution in [3.63, 3.8) is 0 Å². The summed E-state index contributed by atoms with van der Waals surface area (Å²) in [5.74, 6) is 0.889. The van der Waals surface area contributed by atoms with Crippen LogP contribution >= 0.6 is 11.3 Å². The maximum absolute atomic E-state index is 5.64. The third kappa shape index (κ3) is 3.84. The van der Waals surface area contributed by atoms with Crippen LogP contribution in [0.3, 0.4) is 0 Å². The summed E-state index contributed by atoms with van der Waals surface area (Å²) in [6.45, 7) is 4.54. The molecule has 2 rings (SSSR count). The number of thiazole rings is 1. The lowest BCUT2D eigenvalue weighted by molar-refractivity contribution is 0.305. The van der Waals surface area contributed by atoms with Crippen molar-refractivity contribution in [1.29, 1.82) is 0 Å². The average molecular weight is 248 g/mol. The molecule has 1 N–H and O–H groups in total. The second-order valence-corrected chi connectivity index (χ2v) is 4.62. The number of hydrogen-bond acceptors (Lipinski definition) is 4. The molecule has 1 aromatic heterocycles. The van der Waals surface area contributed by atoms with Gasteiger partial charge in [-0.15, -0.1) is 11.3 Å². The molecule has 0 amide bonds. The summed E-state index contributed by atoms with van der Waals surface area (Å²) in [5, 5.41) is 6.25. The molecule has 0 bridgehead atoms. The minimum atomic E-state index is 0.546. The number of nitrogens with one attached hydrogen (secondary N) is 1. The van der Waals surface area contributed by atoms with E-state index in [0.29, 0.717) is 6.61 Å². The van der Waals surface area contributed by atoms with Gasteiger partial charge in [0.2, 0.25) is 0 Å². The molecule has 0 atom stereocenters. The zero-order valence-corrected chi connectivity index (χ0v) is 10.7. The first-order valence-electron chi connectivity index (χ1n) is 5.69. The van der Waals surface area contributed by atoms with Crippen LogP contribution in [0.1, 0.15) is 17.5 Å². The van der Waals surface area contributed by atoms with Gasteiger partial charge in [-0.25, -0.2) is 4.98 Å². The van der Waals surface area contributed by atoms with Crippen LogP contribution in [0.25, 0.3) is 0 Å². The lowest BCUT2D eigenvalue weighted by Crippen LogP contribution is -2.11. The van der Waals surface area contributed by atoms with Gasteiger partial charge in [-0.05, 0) is 24.2 Å². The Morgan fingerprint density at radius 3 is 2.76 bits per heavy atom. The average Bonchev–Trinajstić information content (AvgIpc) is 2.88. The molecule has 0 aliphatic heterocycles. The third-order valence-electron chi connectivity index (χ3n) is 2.35. The number of aromatic nitrogens is 1. The van der Waals surface area contributed by atoms with E-state index in [1.54, 1.807) is 17.5 Å². The lowest BCUT2D eigenvalue weighted by Gasteiger charge is -2.06. The highest BCUT2D eigenvalue weighted by Crippen LogP contribution is 2.14. The maximum Gasteiger partial charge on any atom is 0.140 e. The van der Waals surface area contributed by atoms with Crippen molar-refractivity contribution < 1.29 is 4.74 Å². The van der Waals surface area contributed by atoms with Crippen LogP contribution in [0.15, 0.2) is 35.8 Å². The van der Waals surface area contributed by atoms with Crippen molar-refractivity contribution in [1.82, 2.24) is 10.3 Å². The van der Waals surface area contributed by atoms with E-state index in [1.165, 1.54) is 5.56 Å². The summed E-state index contributed by atoms with van der Waals surface area (Å²) in [6.07, 6.45) is 1.79. The van der Waals surface area contributed by atoms with Gasteiger partial charge in [-0.2, -0.15) is 0 Å². The Morgan fingerprint density at radius 2 is 2.12 bits per heavy atom. The Bertz CT molecular complexity index is 425. The van der Waals surface area contributed by atoms with Crippen LogP contribution in [0.2, 0.25) is 0 Å². The highest BCUT2D eigenvalue weighted by molar-refractivity contribution is 7.09. The molecular formula is C13H16N2OS. The molecule has 4 heteroatoms. The van der Waals surface area contributed by atoms with E-state index in [1.807, 2.05) is 17.5 Å². The van der Waals surface area contributed by atoms with Crippen molar-refractivity contribution in [2.24, 2.45) is 0 Å². The van der Waals surface area contributed by atoms with Crippen molar-refractivity contribution >= 4 is 11.3 Å². The fourth-order valence-electron chi connectivity index (χ4n) is 1.44. The van der Waals surface area contributed by atoms with Crippen LogP contribution in [-0.2, 0) is 13.2 Å². The molecule has 0 saturated heterocycles. The summed E-state index contributed by atoms with van der Waals surface area (Å²) >= 11 is 1.61. The zero-order chi connectivity index (χ0) is 11.9. The quantitative estimate of drug-likeness (QED) is 0.853. The SMILES string of the molecule is CCNCc1ccc(OCc2nccs2)cc1. The van der Waals surface area contributed by atoms with Gasteiger partial charge in [0.25, 0.3) is 0 Å². The molecule has 0 aliphatic rings. The molecule has 0 aliphatic carbocycles. The number of hydrogen-bond donors (Lipinski definition) is 1. The Kier molecular flexibility index (Phi) is 4.53. The van der Waals surface area contributed by atoms with Gasteiger partial charge in [-0.1, -0.05) is 19.1 Å². The van der Waals surface area contributed by atoms with Crippen molar-refractivity contribution in [2.45, 2.75) is 20.1 Å². The molecule has 3 nitrogen and oxygen atoms in total. The summed E-state index contributed by atoms with van der Waals surface area (Å²) in [6, 6.07) is 8.17. The highest BCUT2D eigenvalue weighted by atomic mass is 32.1. The van der Waals surface area contributed by atoms with E-state index in [2.05, 4.69) is 29.4 Å². The van der Waals surface area contributed by atoms with Gasteiger partial charge >= 0.3 is 0 Å². The molecule has 0 spiro atoms. The summed E-state index contributed by atoms with van der Waals surface area (Å²) < 4.78 is 5.64. The first-order valence-corrected chi connectivity index (χ1v) is 6.57. The van der Waals surface area contributed by atoms with Crippen LogP contribution in [-0.4, -0.2) is 11.5 Å². The highest BCUT2D eigenvalue weighted by Gasteiger charge is 1.98. The fourth-order valence-corrected chi connectivity index (χ4v) is 1.97. The van der Waals surface area contributed by atoms with Gasteiger partial charge in [0, 0.05) is 18.1 Å². The van der Waals surface area contributed by atoms with Crippen LogP contribution < -0.4 is 10.1 Å². The van der Waals surface area contributed by atoms with Crippen LogP contribution in [0.5, 0.6) is 5.75 Å². The smallest absolute Gasteiger partial charge is 0.140 e. The normalized spacial score (nSPS) is 10.4. The maximum atomic E-state index is 5.64. The van der Waals surface area contributed by atoms with Gasteiger partial charge in [0.15, 0.2) is 0 Å². The summed E-state index contributed by atoms with van der Waals surface area (Å²) in [4.78, 5) is 4.17. The molecule has 0 fully saturated rings. The van der Waals surface area contributed by atoms with E-state index >= 15 is 0 Å². The Hall–Kier alpha value is -1.39. The van der Waals surface area contributed by atoms with E-state index in [0.717, 1.165) is 23.8 Å². The van der Waals surface area contributed by atoms with Gasteiger partial charge in [-0.3, -0.25) is 0 Å². The largest absolute Gasteiger partial charge is 0.486 e. The topological polar surface area (TPSA) is 34.1 Å². The van der Waals surface area contributed by atoms with Crippen molar-refractivity contribution in [3.05, 3.63) is 46.4 Å². The van der Waals surface area contributed by atoms with Gasteiger partial charge in [0.1, 0.15) is 17.4 Å². The van der Waals surface area contributed by atoms with E-state index in [-0.39, 0.29) is 0 Å². The number of ether oxygens (including phenoxy) is 1. The Balaban J connectivity index is 1.85.